The van der Waals surface area contributed by atoms with Gasteiger partial charge < -0.3 is 10.1 Å². The van der Waals surface area contributed by atoms with E-state index in [2.05, 4.69) is 5.32 Å². The minimum Gasteiger partial charge on any atom is -0.381 e. The van der Waals surface area contributed by atoms with Gasteiger partial charge in [-0.05, 0) is 38.7 Å². The van der Waals surface area contributed by atoms with E-state index in [4.69, 9.17) is 4.74 Å². The van der Waals surface area contributed by atoms with Crippen molar-refractivity contribution in [2.24, 2.45) is 0 Å². The molecule has 3 heteroatoms. The maximum Gasteiger partial charge on any atom is 0.127 e. The molecule has 1 saturated carbocycles. The minimum atomic E-state index is -0.122. The molecule has 1 aromatic carbocycles. The van der Waals surface area contributed by atoms with Crippen molar-refractivity contribution < 1.29 is 9.13 Å². The number of halogens is 1. The van der Waals surface area contributed by atoms with Gasteiger partial charge in [0.05, 0.1) is 6.10 Å². The zero-order valence-electron chi connectivity index (χ0n) is 11.2. The number of hydrogen-bond acceptors (Lipinski definition) is 2. The van der Waals surface area contributed by atoms with Crippen LogP contribution in [0.4, 0.5) is 4.39 Å². The van der Waals surface area contributed by atoms with Crippen molar-refractivity contribution in [1.29, 1.82) is 0 Å². The fourth-order valence-corrected chi connectivity index (χ4v) is 2.73. The zero-order valence-corrected chi connectivity index (χ0v) is 11.2. The van der Waals surface area contributed by atoms with Crippen molar-refractivity contribution in [2.75, 3.05) is 7.11 Å². The summed E-state index contributed by atoms with van der Waals surface area (Å²) in [6, 6.07) is 7.54. The molecular formula is C15H22FNO. The quantitative estimate of drug-likeness (QED) is 0.885. The van der Waals surface area contributed by atoms with E-state index in [1.807, 2.05) is 19.1 Å². The summed E-state index contributed by atoms with van der Waals surface area (Å²) in [5.74, 6) is -0.122. The molecule has 1 atom stereocenters. The Morgan fingerprint density at radius 3 is 2.50 bits per heavy atom. The molecule has 1 N–H and O–H groups in total. The van der Waals surface area contributed by atoms with Crippen LogP contribution in [0, 0.1) is 5.82 Å². The first-order valence-electron chi connectivity index (χ1n) is 6.74. The van der Waals surface area contributed by atoms with Gasteiger partial charge in [0.1, 0.15) is 5.82 Å². The molecule has 1 fully saturated rings. The van der Waals surface area contributed by atoms with Crippen LogP contribution in [0.25, 0.3) is 0 Å². The predicted molar refractivity (Wildman–Crippen MR) is 71.0 cm³/mol. The van der Waals surface area contributed by atoms with Crippen LogP contribution in [0.5, 0.6) is 0 Å². The summed E-state index contributed by atoms with van der Waals surface area (Å²) >= 11 is 0. The summed E-state index contributed by atoms with van der Waals surface area (Å²) in [5, 5.41) is 3.53. The molecule has 2 nitrogen and oxygen atoms in total. The molecular weight excluding hydrogens is 229 g/mol. The molecule has 18 heavy (non-hydrogen) atoms. The van der Waals surface area contributed by atoms with Crippen LogP contribution in [0.3, 0.4) is 0 Å². The first-order valence-corrected chi connectivity index (χ1v) is 6.74. The molecule has 2 rings (SSSR count). The number of ether oxygens (including phenoxy) is 1. The van der Waals surface area contributed by atoms with E-state index in [-0.39, 0.29) is 11.9 Å². The van der Waals surface area contributed by atoms with Gasteiger partial charge in [-0.25, -0.2) is 4.39 Å². The van der Waals surface area contributed by atoms with Gasteiger partial charge in [-0.2, -0.15) is 0 Å². The Morgan fingerprint density at radius 2 is 1.89 bits per heavy atom. The second-order valence-electron chi connectivity index (χ2n) is 5.12. The van der Waals surface area contributed by atoms with Crippen LogP contribution in [0.1, 0.15) is 44.2 Å². The average molecular weight is 251 g/mol. The van der Waals surface area contributed by atoms with Crippen molar-refractivity contribution in [3.63, 3.8) is 0 Å². The highest BCUT2D eigenvalue weighted by Gasteiger charge is 2.22. The number of hydrogen-bond donors (Lipinski definition) is 1. The molecule has 0 saturated heterocycles. The van der Waals surface area contributed by atoms with E-state index in [0.717, 1.165) is 31.2 Å². The van der Waals surface area contributed by atoms with Crippen molar-refractivity contribution in [3.05, 3.63) is 35.6 Å². The highest BCUT2D eigenvalue weighted by Crippen LogP contribution is 2.24. The van der Waals surface area contributed by atoms with E-state index in [9.17, 15) is 4.39 Å². The molecule has 0 unspecified atom stereocenters. The Balaban J connectivity index is 1.89. The molecule has 1 aliphatic carbocycles. The van der Waals surface area contributed by atoms with Crippen LogP contribution in [0.2, 0.25) is 0 Å². The normalized spacial score (nSPS) is 25.9. The monoisotopic (exact) mass is 251 g/mol. The standard InChI is InChI=1S/C15H22FNO/c1-11(14-5-3-4-6-15(14)16)17-12-7-9-13(18-2)10-8-12/h3-6,11-13,17H,7-10H2,1-2H3/t11-,12?,13?/m1/s1. The van der Waals surface area contributed by atoms with Gasteiger partial charge in [-0.1, -0.05) is 18.2 Å². The lowest BCUT2D eigenvalue weighted by molar-refractivity contribution is 0.0613. The zero-order chi connectivity index (χ0) is 13.0. The lowest BCUT2D eigenvalue weighted by atomic mass is 9.92. The third-order valence-electron chi connectivity index (χ3n) is 3.86. The van der Waals surface area contributed by atoms with E-state index in [1.165, 1.54) is 6.07 Å². The van der Waals surface area contributed by atoms with Gasteiger partial charge >= 0.3 is 0 Å². The van der Waals surface area contributed by atoms with Crippen LogP contribution < -0.4 is 5.32 Å². The van der Waals surface area contributed by atoms with Gasteiger partial charge in [0.15, 0.2) is 0 Å². The van der Waals surface area contributed by atoms with Crippen molar-refractivity contribution >= 4 is 0 Å². The van der Waals surface area contributed by atoms with Gasteiger partial charge in [-0.3, -0.25) is 0 Å². The number of benzene rings is 1. The molecule has 0 heterocycles. The van der Waals surface area contributed by atoms with Gasteiger partial charge in [-0.15, -0.1) is 0 Å². The second-order valence-corrected chi connectivity index (χ2v) is 5.12. The second kappa shape index (κ2) is 6.30. The highest BCUT2D eigenvalue weighted by molar-refractivity contribution is 5.20. The van der Waals surface area contributed by atoms with Crippen LogP contribution in [-0.4, -0.2) is 19.3 Å². The Kier molecular flexibility index (Phi) is 4.72. The molecule has 1 aliphatic rings. The van der Waals surface area contributed by atoms with Crippen molar-refractivity contribution in [1.82, 2.24) is 5.32 Å². The minimum absolute atomic E-state index is 0.0651. The summed E-state index contributed by atoms with van der Waals surface area (Å²) in [6.45, 7) is 2.03. The number of methoxy groups -OCH3 is 1. The molecule has 1 aromatic rings. The van der Waals surface area contributed by atoms with E-state index in [1.54, 1.807) is 13.2 Å². The van der Waals surface area contributed by atoms with Gasteiger partial charge in [0.25, 0.3) is 0 Å². The Bertz CT molecular complexity index is 375. The maximum atomic E-state index is 13.7. The lowest BCUT2D eigenvalue weighted by Gasteiger charge is -2.30. The van der Waals surface area contributed by atoms with Crippen molar-refractivity contribution in [3.8, 4) is 0 Å². The molecule has 0 spiro atoms. The van der Waals surface area contributed by atoms with Crippen LogP contribution in [0.15, 0.2) is 24.3 Å². The fraction of sp³-hybridized carbons (Fsp3) is 0.600. The third kappa shape index (κ3) is 3.30. The Morgan fingerprint density at radius 1 is 1.22 bits per heavy atom. The fourth-order valence-electron chi connectivity index (χ4n) is 2.73. The first-order chi connectivity index (χ1) is 8.70. The number of nitrogens with one attached hydrogen (secondary N) is 1. The summed E-state index contributed by atoms with van der Waals surface area (Å²) < 4.78 is 19.0. The topological polar surface area (TPSA) is 21.3 Å². The van der Waals surface area contributed by atoms with E-state index in [0.29, 0.717) is 12.1 Å². The van der Waals surface area contributed by atoms with Crippen molar-refractivity contribution in [2.45, 2.75) is 50.8 Å². The molecule has 0 bridgehead atoms. The predicted octanol–water partition coefficient (Wildman–Crippen LogP) is 3.43. The largest absolute Gasteiger partial charge is 0.381 e. The van der Waals surface area contributed by atoms with E-state index >= 15 is 0 Å². The smallest absolute Gasteiger partial charge is 0.127 e. The van der Waals surface area contributed by atoms with E-state index < -0.39 is 0 Å². The summed E-state index contributed by atoms with van der Waals surface area (Å²) in [5.41, 5.74) is 0.756. The SMILES string of the molecule is COC1CCC(N[C@H](C)c2ccccc2F)CC1. The van der Waals surface area contributed by atoms with Gasteiger partial charge in [0, 0.05) is 24.8 Å². The Labute approximate surface area is 109 Å². The summed E-state index contributed by atoms with van der Waals surface area (Å²) in [4.78, 5) is 0. The molecule has 0 aromatic heterocycles. The van der Waals surface area contributed by atoms with Gasteiger partial charge in [0.2, 0.25) is 0 Å². The third-order valence-corrected chi connectivity index (χ3v) is 3.86. The summed E-state index contributed by atoms with van der Waals surface area (Å²) in [6.07, 6.45) is 4.82. The highest BCUT2D eigenvalue weighted by atomic mass is 19.1. The summed E-state index contributed by atoms with van der Waals surface area (Å²) in [7, 11) is 1.78. The Hall–Kier alpha value is -0.930. The average Bonchev–Trinajstić information content (AvgIpc) is 2.40. The first kappa shape index (κ1) is 13.5. The molecule has 0 radical (unpaired) electrons. The lowest BCUT2D eigenvalue weighted by Crippen LogP contribution is -2.36. The van der Waals surface area contributed by atoms with Crippen LogP contribution in [-0.2, 0) is 4.74 Å². The molecule has 0 amide bonds. The number of rotatable bonds is 4. The van der Waals surface area contributed by atoms with Crippen LogP contribution >= 0.6 is 0 Å². The molecule has 100 valence electrons. The molecule has 0 aliphatic heterocycles. The maximum absolute atomic E-state index is 13.7.